The minimum atomic E-state index is 0.455. The summed E-state index contributed by atoms with van der Waals surface area (Å²) >= 11 is 0. The van der Waals surface area contributed by atoms with E-state index in [9.17, 15) is 0 Å². The molecule has 0 aliphatic rings. The van der Waals surface area contributed by atoms with Gasteiger partial charge in [0.15, 0.2) is 0 Å². The van der Waals surface area contributed by atoms with E-state index in [1.54, 1.807) is 0 Å². The molecule has 0 N–H and O–H groups in total. The molecule has 114 valence electrons. The van der Waals surface area contributed by atoms with Crippen LogP contribution in [0.3, 0.4) is 0 Å². The van der Waals surface area contributed by atoms with Crippen LogP contribution in [0.15, 0.2) is 89.9 Å². The van der Waals surface area contributed by atoms with Crippen molar-refractivity contribution in [2.75, 3.05) is 0 Å². The van der Waals surface area contributed by atoms with Crippen molar-refractivity contribution in [1.29, 1.82) is 0 Å². The third-order valence-electron chi connectivity index (χ3n) is 3.88. The quantitative estimate of drug-likeness (QED) is 0.525. The monoisotopic (exact) mass is 299 g/mol. The molecule has 0 spiro atoms. The largest absolute Gasteiger partial charge is 0.248 e. The fraction of sp³-hybridized carbons (Fsp3) is 0.136. The van der Waals surface area contributed by atoms with Gasteiger partial charge in [0.1, 0.15) is 0 Å². The van der Waals surface area contributed by atoms with E-state index >= 15 is 0 Å². The minimum absolute atomic E-state index is 0.455. The first-order chi connectivity index (χ1) is 11.3. The number of benzene rings is 3. The predicted molar refractivity (Wildman–Crippen MR) is 98.7 cm³/mol. The third-order valence-corrected chi connectivity index (χ3v) is 3.88. The van der Waals surface area contributed by atoms with E-state index in [4.69, 9.17) is 4.99 Å². The van der Waals surface area contributed by atoms with E-state index in [-0.39, 0.29) is 0 Å². The number of hydrogen-bond acceptors (Lipinski definition) is 1. The van der Waals surface area contributed by atoms with Crippen molar-refractivity contribution < 1.29 is 0 Å². The molecule has 0 aliphatic carbocycles. The van der Waals surface area contributed by atoms with Crippen LogP contribution < -0.4 is 0 Å². The molecular weight excluding hydrogens is 278 g/mol. The Morgan fingerprint density at radius 1 is 0.696 bits per heavy atom. The predicted octanol–water partition coefficient (Wildman–Crippen LogP) is 5.98. The normalized spacial score (nSPS) is 11.7. The average Bonchev–Trinajstić information content (AvgIpc) is 2.61. The first-order valence-corrected chi connectivity index (χ1v) is 8.04. The van der Waals surface area contributed by atoms with Crippen molar-refractivity contribution in [3.05, 3.63) is 102 Å². The van der Waals surface area contributed by atoms with Gasteiger partial charge in [-0.05, 0) is 23.6 Å². The van der Waals surface area contributed by atoms with Crippen molar-refractivity contribution in [3.63, 3.8) is 0 Å². The highest BCUT2D eigenvalue weighted by molar-refractivity contribution is 6.14. The number of rotatable bonds is 4. The van der Waals surface area contributed by atoms with Crippen LogP contribution in [0.4, 0.5) is 5.69 Å². The highest BCUT2D eigenvalue weighted by Crippen LogP contribution is 2.25. The molecule has 1 nitrogen and oxygen atoms in total. The van der Waals surface area contributed by atoms with Gasteiger partial charge in [-0.25, -0.2) is 4.99 Å². The summed E-state index contributed by atoms with van der Waals surface area (Å²) in [4.78, 5) is 4.96. The van der Waals surface area contributed by atoms with Crippen LogP contribution in [0.2, 0.25) is 0 Å². The lowest BCUT2D eigenvalue weighted by Crippen LogP contribution is -2.07. The van der Waals surface area contributed by atoms with Crippen LogP contribution >= 0.6 is 0 Å². The fourth-order valence-corrected chi connectivity index (χ4v) is 2.72. The van der Waals surface area contributed by atoms with E-state index in [1.165, 1.54) is 11.1 Å². The van der Waals surface area contributed by atoms with Gasteiger partial charge >= 0.3 is 0 Å². The molecule has 0 radical (unpaired) electrons. The summed E-state index contributed by atoms with van der Waals surface area (Å²) in [6.45, 7) is 4.45. The van der Waals surface area contributed by atoms with Crippen molar-refractivity contribution in [3.8, 4) is 0 Å². The molecule has 0 aromatic heterocycles. The summed E-state index contributed by atoms with van der Waals surface area (Å²) in [7, 11) is 0. The molecule has 1 heteroatoms. The Balaban J connectivity index is 2.20. The maximum absolute atomic E-state index is 4.96. The van der Waals surface area contributed by atoms with Crippen LogP contribution in [-0.4, -0.2) is 5.71 Å². The zero-order valence-electron chi connectivity index (χ0n) is 13.6. The van der Waals surface area contributed by atoms with Crippen LogP contribution in [0.1, 0.15) is 36.5 Å². The molecule has 0 saturated heterocycles. The Hall–Kier alpha value is -2.67. The SMILES string of the molecule is CC(C)c1ccccc1C(=Nc1ccccc1)c1ccccc1. The van der Waals surface area contributed by atoms with E-state index < -0.39 is 0 Å². The summed E-state index contributed by atoms with van der Waals surface area (Å²) in [5, 5.41) is 0. The lowest BCUT2D eigenvalue weighted by Gasteiger charge is -2.15. The number of hydrogen-bond donors (Lipinski definition) is 0. The van der Waals surface area contributed by atoms with Gasteiger partial charge in [0.25, 0.3) is 0 Å². The molecule has 0 aliphatic heterocycles. The molecule has 3 rings (SSSR count). The molecule has 0 heterocycles. The maximum Gasteiger partial charge on any atom is 0.0784 e. The molecule has 0 atom stereocenters. The number of para-hydroxylation sites is 1. The summed E-state index contributed by atoms with van der Waals surface area (Å²) in [6, 6.07) is 29.1. The zero-order valence-corrected chi connectivity index (χ0v) is 13.6. The standard InChI is InChI=1S/C22H21N/c1-17(2)20-15-9-10-16-21(20)22(18-11-5-3-6-12-18)23-19-13-7-4-8-14-19/h3-17H,1-2H3. The molecule has 3 aromatic carbocycles. The zero-order chi connectivity index (χ0) is 16.1. The molecule has 0 bridgehead atoms. The van der Waals surface area contributed by atoms with Gasteiger partial charge in [-0.15, -0.1) is 0 Å². The number of nitrogens with zero attached hydrogens (tertiary/aromatic N) is 1. The highest BCUT2D eigenvalue weighted by atomic mass is 14.7. The smallest absolute Gasteiger partial charge is 0.0784 e. The van der Waals surface area contributed by atoms with E-state index in [2.05, 4.69) is 62.4 Å². The van der Waals surface area contributed by atoms with Gasteiger partial charge in [0.2, 0.25) is 0 Å². The van der Waals surface area contributed by atoms with Crippen molar-refractivity contribution in [2.24, 2.45) is 4.99 Å². The van der Waals surface area contributed by atoms with Crippen molar-refractivity contribution in [2.45, 2.75) is 19.8 Å². The summed E-state index contributed by atoms with van der Waals surface area (Å²) in [5.74, 6) is 0.455. The number of aliphatic imine (C=N–C) groups is 1. The van der Waals surface area contributed by atoms with Gasteiger partial charge in [0, 0.05) is 11.1 Å². The summed E-state index contributed by atoms with van der Waals surface area (Å²) in [5.41, 5.74) is 5.68. The van der Waals surface area contributed by atoms with Gasteiger partial charge in [-0.1, -0.05) is 86.6 Å². The summed E-state index contributed by atoms with van der Waals surface area (Å²) < 4.78 is 0. The molecule has 0 amide bonds. The molecule has 23 heavy (non-hydrogen) atoms. The minimum Gasteiger partial charge on any atom is -0.248 e. The van der Waals surface area contributed by atoms with E-state index in [0.717, 1.165) is 17.0 Å². The Kier molecular flexibility index (Phi) is 4.68. The second kappa shape index (κ2) is 7.06. The van der Waals surface area contributed by atoms with E-state index in [0.29, 0.717) is 5.92 Å². The molecule has 0 saturated carbocycles. The topological polar surface area (TPSA) is 12.4 Å². The van der Waals surface area contributed by atoms with Gasteiger partial charge in [-0.2, -0.15) is 0 Å². The van der Waals surface area contributed by atoms with Crippen LogP contribution in [-0.2, 0) is 0 Å². The van der Waals surface area contributed by atoms with Crippen molar-refractivity contribution >= 4 is 11.4 Å². The first kappa shape index (κ1) is 15.2. The first-order valence-electron chi connectivity index (χ1n) is 8.04. The lowest BCUT2D eigenvalue weighted by molar-refractivity contribution is 0.864. The Morgan fingerprint density at radius 3 is 1.91 bits per heavy atom. The average molecular weight is 299 g/mol. The van der Waals surface area contributed by atoms with Crippen LogP contribution in [0.25, 0.3) is 0 Å². The van der Waals surface area contributed by atoms with Crippen LogP contribution in [0, 0.1) is 0 Å². The van der Waals surface area contributed by atoms with Gasteiger partial charge in [0.05, 0.1) is 11.4 Å². The summed E-state index contributed by atoms with van der Waals surface area (Å²) in [6.07, 6.45) is 0. The lowest BCUT2D eigenvalue weighted by atomic mass is 9.91. The Bertz CT molecular complexity index is 786. The maximum atomic E-state index is 4.96. The Morgan fingerprint density at radius 2 is 1.26 bits per heavy atom. The molecule has 0 unspecified atom stereocenters. The fourth-order valence-electron chi connectivity index (χ4n) is 2.72. The second-order valence-electron chi connectivity index (χ2n) is 5.90. The van der Waals surface area contributed by atoms with E-state index in [1.807, 2.05) is 36.4 Å². The van der Waals surface area contributed by atoms with Crippen molar-refractivity contribution in [1.82, 2.24) is 0 Å². The molecule has 3 aromatic rings. The van der Waals surface area contributed by atoms with Gasteiger partial charge < -0.3 is 0 Å². The second-order valence-corrected chi connectivity index (χ2v) is 5.90. The Labute approximate surface area is 138 Å². The van der Waals surface area contributed by atoms with Crippen LogP contribution in [0.5, 0.6) is 0 Å². The highest BCUT2D eigenvalue weighted by Gasteiger charge is 2.13. The van der Waals surface area contributed by atoms with Gasteiger partial charge in [-0.3, -0.25) is 0 Å². The third kappa shape index (κ3) is 3.57. The molecule has 0 fully saturated rings. The molecular formula is C22H21N.